The molecule has 0 bridgehead atoms. The smallest absolute Gasteiger partial charge is 0.232 e. The van der Waals surface area contributed by atoms with Crippen LogP contribution >= 0.6 is 0 Å². The number of nitrogens with one attached hydrogen (secondary N) is 1. The van der Waals surface area contributed by atoms with Crippen molar-refractivity contribution in [3.05, 3.63) is 35.9 Å². The fraction of sp³-hybridized carbons (Fsp3) is 0.611. The maximum Gasteiger partial charge on any atom is 0.232 e. The van der Waals surface area contributed by atoms with Gasteiger partial charge in [-0.15, -0.1) is 0 Å². The lowest BCUT2D eigenvalue weighted by atomic mass is 9.83. The fourth-order valence-corrected chi connectivity index (χ4v) is 3.11. The van der Waals surface area contributed by atoms with Crippen LogP contribution in [0, 0.1) is 5.92 Å². The van der Waals surface area contributed by atoms with E-state index >= 15 is 0 Å². The van der Waals surface area contributed by atoms with Gasteiger partial charge in [-0.3, -0.25) is 4.79 Å². The van der Waals surface area contributed by atoms with E-state index in [-0.39, 0.29) is 5.91 Å². The first-order chi connectivity index (χ1) is 9.91. The normalized spacial score (nSPS) is 19.9. The minimum Gasteiger partial charge on any atom is -0.339 e. The molecule has 0 spiro atoms. The van der Waals surface area contributed by atoms with Crippen molar-refractivity contribution in [3.8, 4) is 0 Å². The average molecular weight is 288 g/mol. The van der Waals surface area contributed by atoms with E-state index in [0.717, 1.165) is 31.6 Å². The summed E-state index contributed by atoms with van der Waals surface area (Å²) in [5.41, 5.74) is 0.634. The highest BCUT2D eigenvalue weighted by molar-refractivity contribution is 5.87. The fourth-order valence-electron chi connectivity index (χ4n) is 3.11. The number of hydrogen-bond donors (Lipinski definition) is 1. The number of carbonyl (C=O) groups is 1. The van der Waals surface area contributed by atoms with Crippen LogP contribution in [0.1, 0.15) is 39.7 Å². The Balaban J connectivity index is 2.08. The van der Waals surface area contributed by atoms with E-state index in [9.17, 15) is 4.79 Å². The summed E-state index contributed by atoms with van der Waals surface area (Å²) in [4.78, 5) is 15.0. The van der Waals surface area contributed by atoms with Gasteiger partial charge in [0.2, 0.25) is 5.91 Å². The maximum atomic E-state index is 12.9. The van der Waals surface area contributed by atoms with Gasteiger partial charge in [0.1, 0.15) is 0 Å². The molecule has 116 valence electrons. The average Bonchev–Trinajstić information content (AvgIpc) is 2.47. The van der Waals surface area contributed by atoms with E-state index in [0.29, 0.717) is 12.0 Å². The maximum absolute atomic E-state index is 12.9. The Hall–Kier alpha value is -1.35. The number of amides is 1. The van der Waals surface area contributed by atoms with Crippen molar-refractivity contribution in [3.63, 3.8) is 0 Å². The Kier molecular flexibility index (Phi) is 5.04. The van der Waals surface area contributed by atoms with Crippen molar-refractivity contribution >= 4 is 5.91 Å². The number of benzene rings is 1. The molecule has 3 nitrogen and oxygen atoms in total. The number of piperazine rings is 1. The lowest BCUT2D eigenvalue weighted by Crippen LogP contribution is -2.56. The predicted molar refractivity (Wildman–Crippen MR) is 87.3 cm³/mol. The van der Waals surface area contributed by atoms with E-state index in [4.69, 9.17) is 0 Å². The zero-order valence-electron chi connectivity index (χ0n) is 13.7. The Morgan fingerprint density at radius 2 is 2.00 bits per heavy atom. The van der Waals surface area contributed by atoms with Gasteiger partial charge in [0.15, 0.2) is 0 Å². The zero-order valence-corrected chi connectivity index (χ0v) is 13.7. The van der Waals surface area contributed by atoms with Crippen LogP contribution in [0.5, 0.6) is 0 Å². The first-order valence-electron chi connectivity index (χ1n) is 7.99. The van der Waals surface area contributed by atoms with Crippen LogP contribution in [0.4, 0.5) is 0 Å². The van der Waals surface area contributed by atoms with E-state index in [1.165, 1.54) is 0 Å². The third kappa shape index (κ3) is 3.85. The van der Waals surface area contributed by atoms with Crippen molar-refractivity contribution in [1.82, 2.24) is 10.2 Å². The van der Waals surface area contributed by atoms with Crippen LogP contribution < -0.4 is 5.32 Å². The minimum atomic E-state index is -0.457. The Morgan fingerprint density at radius 1 is 1.33 bits per heavy atom. The molecule has 21 heavy (non-hydrogen) atoms. The molecule has 1 saturated heterocycles. The molecule has 1 fully saturated rings. The molecule has 0 radical (unpaired) electrons. The quantitative estimate of drug-likeness (QED) is 0.924. The molecule has 1 unspecified atom stereocenters. The molecule has 1 aliphatic heterocycles. The van der Waals surface area contributed by atoms with Crippen LogP contribution in [0.15, 0.2) is 30.3 Å². The van der Waals surface area contributed by atoms with Gasteiger partial charge in [0.05, 0.1) is 5.41 Å². The Morgan fingerprint density at radius 3 is 2.62 bits per heavy atom. The molecular weight excluding hydrogens is 260 g/mol. The Labute approximate surface area is 128 Å². The molecule has 3 heteroatoms. The summed E-state index contributed by atoms with van der Waals surface area (Å²) in [6.07, 6.45) is 1.12. The van der Waals surface area contributed by atoms with Gasteiger partial charge in [-0.25, -0.2) is 0 Å². The number of hydrogen-bond acceptors (Lipinski definition) is 2. The van der Waals surface area contributed by atoms with E-state index < -0.39 is 5.41 Å². The molecule has 0 saturated carbocycles. The third-order valence-electron chi connectivity index (χ3n) is 4.33. The number of nitrogens with zero attached hydrogens (tertiary/aromatic N) is 1. The van der Waals surface area contributed by atoms with Crippen LogP contribution in [0.25, 0.3) is 0 Å². The molecule has 0 aliphatic carbocycles. The van der Waals surface area contributed by atoms with E-state index in [1.54, 1.807) is 0 Å². The summed E-state index contributed by atoms with van der Waals surface area (Å²) >= 11 is 0. The van der Waals surface area contributed by atoms with Gasteiger partial charge >= 0.3 is 0 Å². The van der Waals surface area contributed by atoms with Gasteiger partial charge in [0, 0.05) is 25.7 Å². The molecule has 1 atom stereocenters. The summed E-state index contributed by atoms with van der Waals surface area (Å²) < 4.78 is 0. The molecule has 0 aromatic heterocycles. The topological polar surface area (TPSA) is 32.3 Å². The number of rotatable bonds is 4. The largest absolute Gasteiger partial charge is 0.339 e. The van der Waals surface area contributed by atoms with Gasteiger partial charge < -0.3 is 10.2 Å². The Bertz CT molecular complexity index is 467. The van der Waals surface area contributed by atoms with Gasteiger partial charge in [-0.1, -0.05) is 44.2 Å². The standard InChI is InChI=1S/C18H28N2O/c1-14(2)12-16-13-20(11-10-19-16)17(21)18(3,4)15-8-6-5-7-9-15/h5-9,14,16,19H,10-13H2,1-4H3. The van der Waals surface area contributed by atoms with Crippen molar-refractivity contribution in [1.29, 1.82) is 0 Å². The van der Waals surface area contributed by atoms with Crippen molar-refractivity contribution in [2.45, 2.75) is 45.6 Å². The molecule has 1 N–H and O–H groups in total. The van der Waals surface area contributed by atoms with Gasteiger partial charge in [-0.05, 0) is 31.7 Å². The first-order valence-corrected chi connectivity index (χ1v) is 7.99. The first kappa shape index (κ1) is 16.0. The highest BCUT2D eigenvalue weighted by Gasteiger charge is 2.35. The SMILES string of the molecule is CC(C)CC1CN(C(=O)C(C)(C)c2ccccc2)CCN1. The molecule has 1 heterocycles. The van der Waals surface area contributed by atoms with Gasteiger partial charge in [0.25, 0.3) is 0 Å². The van der Waals surface area contributed by atoms with Crippen molar-refractivity contribution in [2.24, 2.45) is 5.92 Å². The van der Waals surface area contributed by atoms with Gasteiger partial charge in [-0.2, -0.15) is 0 Å². The molecule has 1 amide bonds. The third-order valence-corrected chi connectivity index (χ3v) is 4.33. The lowest BCUT2D eigenvalue weighted by Gasteiger charge is -2.39. The molecule has 2 rings (SSSR count). The molecule has 1 aromatic carbocycles. The minimum absolute atomic E-state index is 0.240. The van der Waals surface area contributed by atoms with Crippen molar-refractivity contribution in [2.75, 3.05) is 19.6 Å². The van der Waals surface area contributed by atoms with Crippen LogP contribution in [0.2, 0.25) is 0 Å². The zero-order chi connectivity index (χ0) is 15.5. The van der Waals surface area contributed by atoms with Crippen LogP contribution in [0.3, 0.4) is 0 Å². The van der Waals surface area contributed by atoms with Crippen molar-refractivity contribution < 1.29 is 4.79 Å². The molecule has 1 aliphatic rings. The summed E-state index contributed by atoms with van der Waals surface area (Å²) in [5, 5.41) is 3.53. The number of carbonyl (C=O) groups excluding carboxylic acids is 1. The monoisotopic (exact) mass is 288 g/mol. The second-order valence-electron chi connectivity index (χ2n) is 7.02. The highest BCUT2D eigenvalue weighted by Crippen LogP contribution is 2.26. The van der Waals surface area contributed by atoms with E-state index in [2.05, 4.69) is 19.2 Å². The summed E-state index contributed by atoms with van der Waals surface area (Å²) in [6, 6.07) is 10.5. The second kappa shape index (κ2) is 6.61. The van der Waals surface area contributed by atoms with Crippen LogP contribution in [-0.4, -0.2) is 36.5 Å². The predicted octanol–water partition coefficient (Wildman–Crippen LogP) is 2.81. The van der Waals surface area contributed by atoms with Crippen LogP contribution in [-0.2, 0) is 10.2 Å². The molecule has 1 aromatic rings. The summed E-state index contributed by atoms with van der Waals surface area (Å²) in [5.74, 6) is 0.892. The lowest BCUT2D eigenvalue weighted by molar-refractivity contribution is -0.137. The molecular formula is C18H28N2O. The second-order valence-corrected chi connectivity index (χ2v) is 7.02. The van der Waals surface area contributed by atoms with E-state index in [1.807, 2.05) is 49.1 Å². The highest BCUT2D eigenvalue weighted by atomic mass is 16.2. The summed E-state index contributed by atoms with van der Waals surface area (Å²) in [6.45, 7) is 11.1. The summed E-state index contributed by atoms with van der Waals surface area (Å²) in [7, 11) is 0.